The Labute approximate surface area is 242 Å². The molecule has 4 aromatic rings. The van der Waals surface area contributed by atoms with Gasteiger partial charge >= 0.3 is 0 Å². The summed E-state index contributed by atoms with van der Waals surface area (Å²) in [5.74, 6) is -0.585. The van der Waals surface area contributed by atoms with Crippen LogP contribution >= 0.6 is 34.8 Å². The highest BCUT2D eigenvalue weighted by atomic mass is 35.5. The fourth-order valence-electron chi connectivity index (χ4n) is 4.08. The van der Waals surface area contributed by atoms with E-state index in [9.17, 15) is 13.2 Å². The number of aromatic nitrogens is 1. The minimum absolute atomic E-state index is 0.00768. The fraction of sp³-hybridized carbons (Fsp3) is 0.143. The molecule has 0 saturated heterocycles. The molecule has 4 rings (SSSR count). The van der Waals surface area contributed by atoms with Crippen LogP contribution in [0.3, 0.4) is 0 Å². The molecule has 0 saturated carbocycles. The number of benzene rings is 3. The SMILES string of the molecule is Cc1cc(/C=N/NC(=O)CN(Cc2ccccc2)S(=O)(=O)c2ccc(Cl)cc2)c(C)n1-c1ccc(Cl)c(Cl)c1. The molecule has 1 N–H and O–H groups in total. The van der Waals surface area contributed by atoms with E-state index in [1.165, 1.54) is 30.5 Å². The van der Waals surface area contributed by atoms with Crippen LogP contribution in [0.4, 0.5) is 0 Å². The Hall–Kier alpha value is -3.14. The zero-order valence-electron chi connectivity index (χ0n) is 21.1. The number of sulfonamides is 1. The fourth-order valence-corrected chi connectivity index (χ4v) is 5.88. The van der Waals surface area contributed by atoms with Gasteiger partial charge in [0.1, 0.15) is 0 Å². The molecule has 0 unspecified atom stereocenters. The van der Waals surface area contributed by atoms with Gasteiger partial charge in [0.25, 0.3) is 5.91 Å². The van der Waals surface area contributed by atoms with Gasteiger partial charge in [-0.25, -0.2) is 13.8 Å². The number of halogens is 3. The smallest absolute Gasteiger partial charge is 0.255 e. The van der Waals surface area contributed by atoms with E-state index in [1.807, 2.05) is 36.6 Å². The van der Waals surface area contributed by atoms with Crippen LogP contribution in [0.1, 0.15) is 22.5 Å². The van der Waals surface area contributed by atoms with E-state index < -0.39 is 22.5 Å². The largest absolute Gasteiger partial charge is 0.318 e. The third-order valence-corrected chi connectivity index (χ3v) is 8.79. The molecule has 39 heavy (non-hydrogen) atoms. The molecule has 0 fully saturated rings. The summed E-state index contributed by atoms with van der Waals surface area (Å²) in [6, 6.07) is 22.1. The Morgan fingerprint density at radius 3 is 2.31 bits per heavy atom. The number of nitrogens with one attached hydrogen (secondary N) is 1. The number of hydrogen-bond acceptors (Lipinski definition) is 4. The summed E-state index contributed by atoms with van der Waals surface area (Å²) in [6.45, 7) is 3.43. The molecule has 0 aliphatic carbocycles. The standard InChI is InChI=1S/C28H25Cl3N4O3S/c1-19-14-22(20(2)35(19)24-10-13-26(30)27(31)15-24)16-32-33-28(36)18-34(17-21-6-4-3-5-7-21)39(37,38)25-11-8-23(29)9-12-25/h3-16H,17-18H2,1-2H3,(H,33,36)/b32-16+. The molecular formula is C28H25Cl3N4O3S. The molecule has 0 bridgehead atoms. The van der Waals surface area contributed by atoms with E-state index in [2.05, 4.69) is 10.5 Å². The van der Waals surface area contributed by atoms with Gasteiger partial charge in [0.05, 0.1) is 27.7 Å². The Morgan fingerprint density at radius 2 is 1.64 bits per heavy atom. The monoisotopic (exact) mass is 602 g/mol. The Balaban J connectivity index is 1.51. The predicted molar refractivity (Wildman–Crippen MR) is 156 cm³/mol. The van der Waals surface area contributed by atoms with Gasteiger partial charge in [0.2, 0.25) is 10.0 Å². The normalized spacial score (nSPS) is 11.8. The van der Waals surface area contributed by atoms with Crippen molar-refractivity contribution in [2.24, 2.45) is 5.10 Å². The van der Waals surface area contributed by atoms with E-state index in [0.717, 1.165) is 32.5 Å². The van der Waals surface area contributed by atoms with E-state index in [0.29, 0.717) is 15.1 Å². The Morgan fingerprint density at radius 1 is 0.949 bits per heavy atom. The molecule has 0 aliphatic heterocycles. The summed E-state index contributed by atoms with van der Waals surface area (Å²) in [5.41, 5.74) is 6.60. The molecule has 0 spiro atoms. The Kier molecular flexibility index (Phi) is 9.15. The van der Waals surface area contributed by atoms with Gasteiger partial charge in [-0.15, -0.1) is 0 Å². The van der Waals surface area contributed by atoms with Crippen molar-refractivity contribution in [2.45, 2.75) is 25.3 Å². The lowest BCUT2D eigenvalue weighted by molar-refractivity contribution is -0.121. The molecule has 1 aromatic heterocycles. The molecular weight excluding hydrogens is 579 g/mol. The molecule has 11 heteroatoms. The van der Waals surface area contributed by atoms with Gasteiger partial charge in [0, 0.05) is 34.2 Å². The van der Waals surface area contributed by atoms with Crippen molar-refractivity contribution in [1.29, 1.82) is 0 Å². The van der Waals surface area contributed by atoms with Gasteiger partial charge < -0.3 is 4.57 Å². The van der Waals surface area contributed by atoms with E-state index in [-0.39, 0.29) is 11.4 Å². The van der Waals surface area contributed by atoms with Crippen LogP contribution in [0.2, 0.25) is 15.1 Å². The minimum atomic E-state index is -4.00. The average Bonchev–Trinajstić information content (AvgIpc) is 3.18. The maximum Gasteiger partial charge on any atom is 0.255 e. The second-order valence-electron chi connectivity index (χ2n) is 8.77. The lowest BCUT2D eigenvalue weighted by Crippen LogP contribution is -2.39. The third kappa shape index (κ3) is 6.90. The minimum Gasteiger partial charge on any atom is -0.318 e. The molecule has 1 amide bonds. The summed E-state index contributed by atoms with van der Waals surface area (Å²) >= 11 is 18.2. The van der Waals surface area contributed by atoms with Crippen LogP contribution in [-0.4, -0.2) is 36.0 Å². The summed E-state index contributed by atoms with van der Waals surface area (Å²) < 4.78 is 29.9. The second-order valence-corrected chi connectivity index (χ2v) is 12.0. The zero-order valence-corrected chi connectivity index (χ0v) is 24.2. The first-order valence-corrected chi connectivity index (χ1v) is 14.4. The highest BCUT2D eigenvalue weighted by molar-refractivity contribution is 7.89. The van der Waals surface area contributed by atoms with Crippen molar-refractivity contribution in [1.82, 2.24) is 14.3 Å². The predicted octanol–water partition coefficient (Wildman–Crippen LogP) is 6.40. The van der Waals surface area contributed by atoms with Crippen LogP contribution < -0.4 is 5.43 Å². The maximum absolute atomic E-state index is 13.4. The van der Waals surface area contributed by atoms with Crippen molar-refractivity contribution in [2.75, 3.05) is 6.54 Å². The maximum atomic E-state index is 13.4. The van der Waals surface area contributed by atoms with Gasteiger partial charge in [0.15, 0.2) is 0 Å². The number of carbonyl (C=O) groups excluding carboxylic acids is 1. The second kappa shape index (κ2) is 12.4. The molecule has 3 aromatic carbocycles. The van der Waals surface area contributed by atoms with Crippen molar-refractivity contribution in [3.8, 4) is 5.69 Å². The number of rotatable bonds is 9. The van der Waals surface area contributed by atoms with Gasteiger partial charge in [-0.3, -0.25) is 4.79 Å². The van der Waals surface area contributed by atoms with Crippen molar-refractivity contribution < 1.29 is 13.2 Å². The van der Waals surface area contributed by atoms with Crippen LogP contribution in [-0.2, 0) is 21.4 Å². The van der Waals surface area contributed by atoms with Crippen LogP contribution in [0, 0.1) is 13.8 Å². The van der Waals surface area contributed by atoms with Gasteiger partial charge in [-0.05, 0) is 67.9 Å². The van der Waals surface area contributed by atoms with Crippen molar-refractivity contribution in [3.05, 3.63) is 116 Å². The lowest BCUT2D eigenvalue weighted by Gasteiger charge is -2.21. The first kappa shape index (κ1) is 28.9. The molecule has 1 heterocycles. The van der Waals surface area contributed by atoms with Crippen LogP contribution in [0.25, 0.3) is 5.69 Å². The molecule has 0 radical (unpaired) electrons. The quantitative estimate of drug-likeness (QED) is 0.178. The number of amides is 1. The average molecular weight is 604 g/mol. The van der Waals surface area contributed by atoms with Crippen LogP contribution in [0.5, 0.6) is 0 Å². The van der Waals surface area contributed by atoms with Gasteiger partial charge in [-0.1, -0.05) is 65.1 Å². The number of carbonyl (C=O) groups is 1. The summed E-state index contributed by atoms with van der Waals surface area (Å²) in [5, 5.41) is 5.40. The summed E-state index contributed by atoms with van der Waals surface area (Å²) in [4.78, 5) is 12.9. The topological polar surface area (TPSA) is 83.8 Å². The summed E-state index contributed by atoms with van der Waals surface area (Å²) in [6.07, 6.45) is 1.52. The number of aryl methyl sites for hydroxylation is 1. The molecule has 0 atom stereocenters. The van der Waals surface area contributed by atoms with E-state index >= 15 is 0 Å². The van der Waals surface area contributed by atoms with Crippen molar-refractivity contribution in [3.63, 3.8) is 0 Å². The first-order valence-electron chi connectivity index (χ1n) is 11.8. The Bertz CT molecular complexity index is 1620. The number of hydrazone groups is 1. The lowest BCUT2D eigenvalue weighted by atomic mass is 10.2. The number of nitrogens with zero attached hydrogens (tertiary/aromatic N) is 3. The first-order chi connectivity index (χ1) is 18.6. The molecule has 7 nitrogen and oxygen atoms in total. The van der Waals surface area contributed by atoms with Crippen molar-refractivity contribution >= 4 is 56.9 Å². The summed E-state index contributed by atoms with van der Waals surface area (Å²) in [7, 11) is -4.00. The highest BCUT2D eigenvalue weighted by Gasteiger charge is 2.27. The van der Waals surface area contributed by atoms with Gasteiger partial charge in [-0.2, -0.15) is 9.41 Å². The van der Waals surface area contributed by atoms with E-state index in [4.69, 9.17) is 34.8 Å². The van der Waals surface area contributed by atoms with Crippen LogP contribution in [0.15, 0.2) is 88.9 Å². The third-order valence-electron chi connectivity index (χ3n) is 6.00. The number of hydrogen-bond donors (Lipinski definition) is 1. The van der Waals surface area contributed by atoms with E-state index in [1.54, 1.807) is 36.4 Å². The zero-order chi connectivity index (χ0) is 28.2. The molecule has 202 valence electrons. The highest BCUT2D eigenvalue weighted by Crippen LogP contribution is 2.27. The molecule has 0 aliphatic rings.